The largest absolute Gasteiger partial charge is 0.446 e. The average molecular weight is 274 g/mol. The van der Waals surface area contributed by atoms with E-state index in [0.717, 1.165) is 35.7 Å². The maximum Gasteiger partial charge on any atom is 0.255 e. The second-order valence-electron chi connectivity index (χ2n) is 5.27. The number of hydrogen-bond donors (Lipinski definition) is 1. The van der Waals surface area contributed by atoms with E-state index in [2.05, 4.69) is 19.9 Å². The van der Waals surface area contributed by atoms with Crippen molar-refractivity contribution in [1.82, 2.24) is 19.9 Å². The maximum absolute atomic E-state index is 12.0. The zero-order valence-corrected chi connectivity index (χ0v) is 12.0. The standard InChI is InChI=1S/C14H18N4O2/c1-8-13(17-10(3)20-8)7-18-5-4-12-11(6-18)14(19)16-9(2)15-12/h4-7H2,1-3H3,(H,15,16,19). The number of nitrogens with zero attached hydrogens (tertiary/aromatic N) is 3. The van der Waals surface area contributed by atoms with Crippen LogP contribution in [-0.2, 0) is 19.5 Å². The lowest BCUT2D eigenvalue weighted by Gasteiger charge is -2.26. The van der Waals surface area contributed by atoms with Crippen LogP contribution in [-0.4, -0.2) is 26.4 Å². The fraction of sp³-hybridized carbons (Fsp3) is 0.500. The van der Waals surface area contributed by atoms with Crippen molar-refractivity contribution < 1.29 is 4.42 Å². The predicted octanol–water partition coefficient (Wildman–Crippen LogP) is 1.24. The second-order valence-corrected chi connectivity index (χ2v) is 5.27. The van der Waals surface area contributed by atoms with Gasteiger partial charge in [0, 0.05) is 33.0 Å². The van der Waals surface area contributed by atoms with Crippen molar-refractivity contribution in [2.45, 2.75) is 40.3 Å². The van der Waals surface area contributed by atoms with E-state index >= 15 is 0 Å². The quantitative estimate of drug-likeness (QED) is 0.891. The Morgan fingerprint density at radius 2 is 2.10 bits per heavy atom. The highest BCUT2D eigenvalue weighted by Gasteiger charge is 2.22. The molecule has 3 heterocycles. The topological polar surface area (TPSA) is 75.0 Å². The second kappa shape index (κ2) is 4.86. The van der Waals surface area contributed by atoms with E-state index in [0.29, 0.717) is 24.8 Å². The summed E-state index contributed by atoms with van der Waals surface area (Å²) in [6, 6.07) is 0. The van der Waals surface area contributed by atoms with E-state index < -0.39 is 0 Å². The number of aromatic amines is 1. The van der Waals surface area contributed by atoms with Crippen molar-refractivity contribution in [3.05, 3.63) is 44.8 Å². The molecule has 0 amide bonds. The molecule has 6 nitrogen and oxygen atoms in total. The third-order valence-electron chi connectivity index (χ3n) is 3.64. The van der Waals surface area contributed by atoms with E-state index in [9.17, 15) is 4.79 Å². The molecule has 0 unspecified atom stereocenters. The summed E-state index contributed by atoms with van der Waals surface area (Å²) in [7, 11) is 0. The molecule has 1 aliphatic rings. The molecule has 3 rings (SSSR count). The average Bonchev–Trinajstić information content (AvgIpc) is 2.68. The highest BCUT2D eigenvalue weighted by atomic mass is 16.4. The molecule has 2 aromatic heterocycles. The first kappa shape index (κ1) is 13.1. The monoisotopic (exact) mass is 274 g/mol. The molecule has 6 heteroatoms. The number of fused-ring (bicyclic) bond motifs is 1. The first-order valence-corrected chi connectivity index (χ1v) is 6.77. The third kappa shape index (κ3) is 2.38. The lowest BCUT2D eigenvalue weighted by atomic mass is 10.1. The molecule has 0 aromatic carbocycles. The van der Waals surface area contributed by atoms with Gasteiger partial charge in [-0.25, -0.2) is 9.97 Å². The van der Waals surface area contributed by atoms with E-state index in [1.807, 2.05) is 20.8 Å². The van der Waals surface area contributed by atoms with Crippen LogP contribution in [0.2, 0.25) is 0 Å². The number of H-pyrrole nitrogens is 1. The zero-order valence-electron chi connectivity index (χ0n) is 12.0. The van der Waals surface area contributed by atoms with E-state index in [1.54, 1.807) is 0 Å². The predicted molar refractivity (Wildman–Crippen MR) is 73.4 cm³/mol. The van der Waals surface area contributed by atoms with E-state index in [1.165, 1.54) is 0 Å². The van der Waals surface area contributed by atoms with Crippen LogP contribution in [0.15, 0.2) is 9.21 Å². The summed E-state index contributed by atoms with van der Waals surface area (Å²) < 4.78 is 5.45. The first-order valence-electron chi connectivity index (χ1n) is 6.77. The molecule has 0 saturated heterocycles. The van der Waals surface area contributed by atoms with Gasteiger partial charge >= 0.3 is 0 Å². The molecular weight excluding hydrogens is 256 g/mol. The molecule has 1 N–H and O–H groups in total. The van der Waals surface area contributed by atoms with Gasteiger partial charge in [0.05, 0.1) is 17.0 Å². The smallest absolute Gasteiger partial charge is 0.255 e. The van der Waals surface area contributed by atoms with Crippen molar-refractivity contribution in [3.8, 4) is 0 Å². The van der Waals surface area contributed by atoms with E-state index in [-0.39, 0.29) is 5.56 Å². The molecular formula is C14H18N4O2. The molecule has 0 atom stereocenters. The van der Waals surface area contributed by atoms with Crippen molar-refractivity contribution in [2.75, 3.05) is 6.54 Å². The van der Waals surface area contributed by atoms with Gasteiger partial charge in [-0.2, -0.15) is 0 Å². The van der Waals surface area contributed by atoms with Crippen LogP contribution < -0.4 is 5.56 Å². The van der Waals surface area contributed by atoms with Crippen LogP contribution >= 0.6 is 0 Å². The van der Waals surface area contributed by atoms with Crippen LogP contribution in [0, 0.1) is 20.8 Å². The summed E-state index contributed by atoms with van der Waals surface area (Å²) >= 11 is 0. The molecule has 2 aromatic rings. The summed E-state index contributed by atoms with van der Waals surface area (Å²) in [5, 5.41) is 0. The normalized spacial score (nSPS) is 15.3. The van der Waals surface area contributed by atoms with Gasteiger partial charge in [-0.15, -0.1) is 0 Å². The number of nitrogens with one attached hydrogen (secondary N) is 1. The Labute approximate surface area is 116 Å². The molecule has 0 saturated carbocycles. The Bertz CT molecular complexity index is 702. The summed E-state index contributed by atoms with van der Waals surface area (Å²) in [5.74, 6) is 2.22. The third-order valence-corrected chi connectivity index (χ3v) is 3.64. The fourth-order valence-electron chi connectivity index (χ4n) is 2.67. The minimum atomic E-state index is -0.0229. The van der Waals surface area contributed by atoms with Gasteiger partial charge in [-0.1, -0.05) is 0 Å². The van der Waals surface area contributed by atoms with Crippen LogP contribution in [0.3, 0.4) is 0 Å². The summed E-state index contributed by atoms with van der Waals surface area (Å²) in [4.78, 5) is 25.8. The van der Waals surface area contributed by atoms with Crippen LogP contribution in [0.4, 0.5) is 0 Å². The minimum absolute atomic E-state index is 0.0229. The number of rotatable bonds is 2. The van der Waals surface area contributed by atoms with Gasteiger partial charge in [0.1, 0.15) is 11.6 Å². The van der Waals surface area contributed by atoms with Gasteiger partial charge in [0.25, 0.3) is 5.56 Å². The Morgan fingerprint density at radius 1 is 1.30 bits per heavy atom. The summed E-state index contributed by atoms with van der Waals surface area (Å²) in [6.45, 7) is 7.79. The Morgan fingerprint density at radius 3 is 2.80 bits per heavy atom. The maximum atomic E-state index is 12.0. The van der Waals surface area contributed by atoms with Crippen LogP contribution in [0.1, 0.15) is 34.4 Å². The Kier molecular flexibility index (Phi) is 3.17. The lowest BCUT2D eigenvalue weighted by molar-refractivity contribution is 0.238. The van der Waals surface area contributed by atoms with Crippen molar-refractivity contribution in [2.24, 2.45) is 0 Å². The van der Waals surface area contributed by atoms with Gasteiger partial charge in [-0.05, 0) is 13.8 Å². The first-order chi connectivity index (χ1) is 9.52. The Hall–Kier alpha value is -1.95. The van der Waals surface area contributed by atoms with E-state index in [4.69, 9.17) is 4.42 Å². The van der Waals surface area contributed by atoms with Crippen molar-refractivity contribution in [1.29, 1.82) is 0 Å². The SMILES string of the molecule is Cc1nc2c(c(=O)[nH]1)CN(Cc1nc(C)oc1C)CC2. The van der Waals surface area contributed by atoms with Gasteiger partial charge in [0.2, 0.25) is 0 Å². The lowest BCUT2D eigenvalue weighted by Crippen LogP contribution is -2.35. The van der Waals surface area contributed by atoms with Gasteiger partial charge in [0.15, 0.2) is 5.89 Å². The molecule has 0 radical (unpaired) electrons. The summed E-state index contributed by atoms with van der Waals surface area (Å²) in [6.07, 6.45) is 0.802. The molecule has 0 aliphatic carbocycles. The fourth-order valence-corrected chi connectivity index (χ4v) is 2.67. The van der Waals surface area contributed by atoms with Crippen LogP contribution in [0.5, 0.6) is 0 Å². The highest BCUT2D eigenvalue weighted by Crippen LogP contribution is 2.18. The number of oxazole rings is 1. The highest BCUT2D eigenvalue weighted by molar-refractivity contribution is 5.21. The van der Waals surface area contributed by atoms with Crippen molar-refractivity contribution >= 4 is 0 Å². The molecule has 0 fully saturated rings. The molecule has 1 aliphatic heterocycles. The minimum Gasteiger partial charge on any atom is -0.446 e. The molecule has 106 valence electrons. The number of aryl methyl sites for hydroxylation is 3. The van der Waals surface area contributed by atoms with Crippen LogP contribution in [0.25, 0.3) is 0 Å². The van der Waals surface area contributed by atoms with Crippen molar-refractivity contribution in [3.63, 3.8) is 0 Å². The van der Waals surface area contributed by atoms with Gasteiger partial charge < -0.3 is 9.40 Å². The molecule has 20 heavy (non-hydrogen) atoms. The Balaban J connectivity index is 1.82. The summed E-state index contributed by atoms with van der Waals surface area (Å²) in [5.41, 5.74) is 2.63. The zero-order chi connectivity index (χ0) is 14.3. The number of aromatic nitrogens is 3. The number of hydrogen-bond acceptors (Lipinski definition) is 5. The molecule has 0 spiro atoms. The molecule has 0 bridgehead atoms. The van der Waals surface area contributed by atoms with Gasteiger partial charge in [-0.3, -0.25) is 9.69 Å².